The lowest BCUT2D eigenvalue weighted by Gasteiger charge is -2.32. The van der Waals surface area contributed by atoms with Crippen molar-refractivity contribution in [1.29, 1.82) is 0 Å². The number of likely N-dealkylation sites (tertiary alicyclic amines) is 1. The van der Waals surface area contributed by atoms with Crippen LogP contribution in [0.2, 0.25) is 0 Å². The fourth-order valence-electron chi connectivity index (χ4n) is 2.70. The van der Waals surface area contributed by atoms with Crippen LogP contribution in [0.1, 0.15) is 36.4 Å². The van der Waals surface area contributed by atoms with Crippen LogP contribution in [0.25, 0.3) is 0 Å². The van der Waals surface area contributed by atoms with Gasteiger partial charge in [0.25, 0.3) is 0 Å². The normalized spacial score (nSPS) is 17.8. The van der Waals surface area contributed by atoms with Crippen LogP contribution >= 0.6 is 22.9 Å². The number of carbonyl (C=O) groups excluding carboxylic acids is 1. The first-order valence-corrected chi connectivity index (χ1v) is 9.29. The van der Waals surface area contributed by atoms with Crippen molar-refractivity contribution in [2.24, 2.45) is 0 Å². The van der Waals surface area contributed by atoms with Crippen LogP contribution in [-0.2, 0) is 11.2 Å². The number of carbonyl (C=O) groups is 1. The molecule has 1 unspecified atom stereocenters. The second-order valence-electron chi connectivity index (χ2n) is 5.62. The monoisotopic (exact) mass is 366 g/mol. The van der Waals surface area contributed by atoms with E-state index in [1.54, 1.807) is 12.4 Å². The van der Waals surface area contributed by atoms with Crippen molar-refractivity contribution in [3.8, 4) is 0 Å². The number of aromatic nitrogens is 4. The fraction of sp³-hybridized carbons (Fsp3) is 0.533. The van der Waals surface area contributed by atoms with Crippen LogP contribution in [0.5, 0.6) is 0 Å². The van der Waals surface area contributed by atoms with Gasteiger partial charge >= 0.3 is 0 Å². The van der Waals surface area contributed by atoms with Crippen LogP contribution in [0.4, 0.5) is 10.9 Å². The minimum Gasteiger partial charge on any atom is -0.341 e. The Balaban J connectivity index is 1.64. The number of anilines is 2. The molecule has 0 bridgehead atoms. The third kappa shape index (κ3) is 3.99. The Morgan fingerprint density at radius 1 is 1.42 bits per heavy atom. The zero-order valence-corrected chi connectivity index (χ0v) is 15.0. The molecule has 0 aromatic carbocycles. The van der Waals surface area contributed by atoms with Crippen LogP contribution in [0, 0.1) is 0 Å². The van der Waals surface area contributed by atoms with E-state index in [4.69, 9.17) is 11.6 Å². The minimum atomic E-state index is -0.0180. The van der Waals surface area contributed by atoms with Gasteiger partial charge in [0, 0.05) is 19.0 Å². The van der Waals surface area contributed by atoms with Crippen molar-refractivity contribution in [1.82, 2.24) is 25.1 Å². The van der Waals surface area contributed by atoms with Gasteiger partial charge < -0.3 is 10.2 Å². The summed E-state index contributed by atoms with van der Waals surface area (Å²) >= 11 is 7.16. The Morgan fingerprint density at radius 2 is 2.29 bits per heavy atom. The molecule has 9 heteroatoms. The Labute approximate surface area is 149 Å². The zero-order valence-electron chi connectivity index (χ0n) is 13.4. The Hall–Kier alpha value is -1.80. The quantitative estimate of drug-likeness (QED) is 0.819. The molecule has 24 heavy (non-hydrogen) atoms. The molecule has 1 fully saturated rings. The summed E-state index contributed by atoms with van der Waals surface area (Å²) in [5.74, 6) is 0.862. The lowest BCUT2D eigenvalue weighted by molar-refractivity contribution is -0.129. The topological polar surface area (TPSA) is 83.9 Å². The fourth-order valence-corrected chi connectivity index (χ4v) is 3.55. The summed E-state index contributed by atoms with van der Waals surface area (Å²) in [6, 6.07) is 0. The molecule has 3 heterocycles. The number of nitrogens with one attached hydrogen (secondary N) is 1. The molecular formula is C15H19ClN6OS. The van der Waals surface area contributed by atoms with E-state index in [1.807, 2.05) is 11.8 Å². The van der Waals surface area contributed by atoms with Crippen LogP contribution in [0.15, 0.2) is 12.4 Å². The van der Waals surface area contributed by atoms with Gasteiger partial charge in [-0.1, -0.05) is 18.3 Å². The molecule has 0 spiro atoms. The molecule has 1 aliphatic heterocycles. The van der Waals surface area contributed by atoms with Gasteiger partial charge in [-0.2, -0.15) is 0 Å². The molecule has 2 aromatic heterocycles. The molecule has 7 nitrogen and oxygen atoms in total. The summed E-state index contributed by atoms with van der Waals surface area (Å²) < 4.78 is 0. The highest BCUT2D eigenvalue weighted by Crippen LogP contribution is 2.26. The largest absolute Gasteiger partial charge is 0.341 e. The number of rotatable bonds is 5. The summed E-state index contributed by atoms with van der Waals surface area (Å²) in [7, 11) is 0. The van der Waals surface area contributed by atoms with Crippen molar-refractivity contribution in [3.63, 3.8) is 0 Å². The highest BCUT2D eigenvalue weighted by Gasteiger charge is 2.25. The van der Waals surface area contributed by atoms with Crippen molar-refractivity contribution in [3.05, 3.63) is 23.1 Å². The van der Waals surface area contributed by atoms with E-state index < -0.39 is 0 Å². The van der Waals surface area contributed by atoms with Crippen molar-refractivity contribution >= 4 is 39.8 Å². The van der Waals surface area contributed by atoms with Gasteiger partial charge in [0.15, 0.2) is 5.82 Å². The molecule has 1 N–H and O–H groups in total. The Kier molecular flexibility index (Phi) is 5.57. The third-order valence-corrected chi connectivity index (χ3v) is 5.19. The molecule has 1 atom stereocenters. The molecule has 128 valence electrons. The van der Waals surface area contributed by atoms with Gasteiger partial charge in [-0.25, -0.2) is 4.98 Å². The van der Waals surface area contributed by atoms with E-state index in [-0.39, 0.29) is 17.7 Å². The molecule has 0 saturated carbocycles. The van der Waals surface area contributed by atoms with Crippen molar-refractivity contribution < 1.29 is 4.79 Å². The van der Waals surface area contributed by atoms with Crippen molar-refractivity contribution in [2.75, 3.05) is 24.3 Å². The predicted octanol–water partition coefficient (Wildman–Crippen LogP) is 2.58. The number of nitrogens with zero attached hydrogens (tertiary/aromatic N) is 5. The molecule has 0 aliphatic carbocycles. The van der Waals surface area contributed by atoms with Crippen LogP contribution < -0.4 is 5.32 Å². The summed E-state index contributed by atoms with van der Waals surface area (Å²) in [5.41, 5.74) is 0.902. The summed E-state index contributed by atoms with van der Waals surface area (Å²) in [6.07, 6.45) is 6.29. The van der Waals surface area contributed by atoms with Crippen LogP contribution in [0.3, 0.4) is 0 Å². The number of halogens is 1. The van der Waals surface area contributed by atoms with Crippen LogP contribution in [-0.4, -0.2) is 49.9 Å². The van der Waals surface area contributed by atoms with Gasteiger partial charge in [-0.05, 0) is 19.3 Å². The maximum Gasteiger partial charge on any atom is 0.237 e. The predicted molar refractivity (Wildman–Crippen MR) is 93.9 cm³/mol. The van der Waals surface area contributed by atoms with Gasteiger partial charge in [0.05, 0.1) is 18.1 Å². The first kappa shape index (κ1) is 17.0. The number of aryl methyl sites for hydroxylation is 1. The summed E-state index contributed by atoms with van der Waals surface area (Å²) in [6.45, 7) is 3.47. The van der Waals surface area contributed by atoms with E-state index >= 15 is 0 Å². The van der Waals surface area contributed by atoms with Gasteiger partial charge in [-0.15, -0.1) is 21.8 Å². The molecule has 2 aromatic rings. The smallest absolute Gasteiger partial charge is 0.237 e. The summed E-state index contributed by atoms with van der Waals surface area (Å²) in [4.78, 5) is 22.5. The highest BCUT2D eigenvalue weighted by atomic mass is 35.5. The van der Waals surface area contributed by atoms with Crippen molar-refractivity contribution in [2.45, 2.75) is 32.1 Å². The van der Waals surface area contributed by atoms with E-state index in [1.165, 1.54) is 11.3 Å². The Morgan fingerprint density at radius 3 is 2.96 bits per heavy atom. The van der Waals surface area contributed by atoms with Gasteiger partial charge in [0.2, 0.25) is 11.0 Å². The van der Waals surface area contributed by atoms with Gasteiger partial charge in [-0.3, -0.25) is 9.78 Å². The lowest BCUT2D eigenvalue weighted by atomic mass is 9.95. The highest BCUT2D eigenvalue weighted by molar-refractivity contribution is 7.15. The number of piperidine rings is 1. The van der Waals surface area contributed by atoms with E-state index in [0.29, 0.717) is 17.5 Å². The number of hydrogen-bond acceptors (Lipinski definition) is 7. The minimum absolute atomic E-state index is 0.0180. The first-order chi connectivity index (χ1) is 11.7. The maximum atomic E-state index is 11.8. The van der Waals surface area contributed by atoms with E-state index in [2.05, 4.69) is 25.5 Å². The molecule has 0 radical (unpaired) electrons. The number of alkyl halides is 1. The van der Waals surface area contributed by atoms with Gasteiger partial charge in [0.1, 0.15) is 10.9 Å². The summed E-state index contributed by atoms with van der Waals surface area (Å²) in [5, 5.41) is 12.9. The molecule has 3 rings (SSSR count). The molecule has 1 saturated heterocycles. The average molecular weight is 367 g/mol. The molecule has 1 amide bonds. The SMILES string of the molecule is CCc1nnc(Nc2cnc(C3CCCN(C(=O)CCl)C3)cn2)s1. The van der Waals surface area contributed by atoms with E-state index in [0.717, 1.165) is 36.5 Å². The maximum absolute atomic E-state index is 11.8. The third-order valence-electron chi connectivity index (χ3n) is 3.98. The van der Waals surface area contributed by atoms with E-state index in [9.17, 15) is 4.79 Å². The lowest BCUT2D eigenvalue weighted by Crippen LogP contribution is -2.40. The number of amides is 1. The average Bonchev–Trinajstić information content (AvgIpc) is 3.09. The standard InChI is InChI=1S/C15H19ClN6OS/c1-2-13-20-21-15(24-13)19-12-8-17-11(7-18-12)10-4-3-5-22(9-10)14(23)6-16/h7-8,10H,2-6,9H2,1H3,(H,18,19,21). The Bertz CT molecular complexity index is 692. The second-order valence-corrected chi connectivity index (χ2v) is 6.95. The zero-order chi connectivity index (χ0) is 16.9. The first-order valence-electron chi connectivity index (χ1n) is 7.94. The molecule has 1 aliphatic rings. The second kappa shape index (κ2) is 7.85. The number of hydrogen-bond donors (Lipinski definition) is 1. The molecular weight excluding hydrogens is 348 g/mol.